The Bertz CT molecular complexity index is 607. The molecule has 1 aromatic carbocycles. The maximum Gasteiger partial charge on any atom is 0.257 e. The third-order valence-electron chi connectivity index (χ3n) is 2.29. The summed E-state index contributed by atoms with van der Waals surface area (Å²) < 4.78 is 28.3. The van der Waals surface area contributed by atoms with Crippen LogP contribution in [0.5, 0.6) is 0 Å². The van der Waals surface area contributed by atoms with E-state index in [1.165, 1.54) is 11.3 Å². The number of rotatable bonds is 3. The average molecular weight is 411 g/mol. The lowest BCUT2D eigenvalue weighted by atomic mass is 10.2. The molecule has 19 heavy (non-hydrogen) atoms. The quantitative estimate of drug-likeness (QED) is 0.793. The summed E-state index contributed by atoms with van der Waals surface area (Å²) in [5.41, 5.74) is -0.571. The Labute approximate surface area is 129 Å². The number of nitrogens with one attached hydrogen (secondary N) is 1. The number of hydrogen-bond donors (Lipinski definition) is 1. The number of hydrogen-bond acceptors (Lipinski definition) is 2. The molecule has 0 bridgehead atoms. The molecule has 1 heterocycles. The van der Waals surface area contributed by atoms with Crippen LogP contribution in [0.2, 0.25) is 0 Å². The SMILES string of the molecule is O=C(NCc1ccc(Br)s1)c1c(F)cc(Br)cc1F. The van der Waals surface area contributed by atoms with Crippen LogP contribution in [0.15, 0.2) is 32.5 Å². The van der Waals surface area contributed by atoms with Gasteiger partial charge in [0.15, 0.2) is 0 Å². The fraction of sp³-hybridized carbons (Fsp3) is 0.0833. The molecule has 0 aliphatic heterocycles. The first-order valence-corrected chi connectivity index (χ1v) is 7.54. The van der Waals surface area contributed by atoms with E-state index >= 15 is 0 Å². The Kier molecular flexibility index (Phi) is 4.70. The number of halogens is 4. The maximum absolute atomic E-state index is 13.6. The molecule has 1 N–H and O–H groups in total. The summed E-state index contributed by atoms with van der Waals surface area (Å²) >= 11 is 7.70. The van der Waals surface area contributed by atoms with Gasteiger partial charge in [-0.25, -0.2) is 8.78 Å². The van der Waals surface area contributed by atoms with Crippen molar-refractivity contribution in [3.63, 3.8) is 0 Å². The van der Waals surface area contributed by atoms with Gasteiger partial charge in [-0.05, 0) is 40.2 Å². The lowest BCUT2D eigenvalue weighted by Gasteiger charge is -2.06. The highest BCUT2D eigenvalue weighted by Gasteiger charge is 2.18. The van der Waals surface area contributed by atoms with Gasteiger partial charge in [0, 0.05) is 9.35 Å². The second kappa shape index (κ2) is 6.11. The second-order valence-electron chi connectivity index (χ2n) is 3.63. The molecule has 1 amide bonds. The van der Waals surface area contributed by atoms with Gasteiger partial charge in [0.05, 0.1) is 10.3 Å². The van der Waals surface area contributed by atoms with E-state index < -0.39 is 23.1 Å². The van der Waals surface area contributed by atoms with Gasteiger partial charge >= 0.3 is 0 Å². The van der Waals surface area contributed by atoms with Gasteiger partial charge in [0.25, 0.3) is 5.91 Å². The fourth-order valence-electron chi connectivity index (χ4n) is 1.46. The van der Waals surface area contributed by atoms with E-state index in [-0.39, 0.29) is 11.0 Å². The highest BCUT2D eigenvalue weighted by Crippen LogP contribution is 2.22. The van der Waals surface area contributed by atoms with Gasteiger partial charge < -0.3 is 5.32 Å². The summed E-state index contributed by atoms with van der Waals surface area (Å²) in [5.74, 6) is -2.56. The van der Waals surface area contributed by atoms with Crippen LogP contribution < -0.4 is 5.32 Å². The largest absolute Gasteiger partial charge is 0.347 e. The molecule has 2 rings (SSSR count). The second-order valence-corrected chi connectivity index (χ2v) is 7.10. The van der Waals surface area contributed by atoms with Crippen LogP contribution in [-0.2, 0) is 6.54 Å². The molecular weight excluding hydrogens is 404 g/mol. The van der Waals surface area contributed by atoms with Crippen LogP contribution >= 0.6 is 43.2 Å². The first kappa shape index (κ1) is 14.6. The molecule has 0 atom stereocenters. The van der Waals surface area contributed by atoms with Gasteiger partial charge in [-0.15, -0.1) is 11.3 Å². The molecular formula is C12H7Br2F2NOS. The summed E-state index contributed by atoms with van der Waals surface area (Å²) in [6.07, 6.45) is 0. The number of benzene rings is 1. The zero-order chi connectivity index (χ0) is 14.0. The first-order chi connectivity index (χ1) is 8.97. The van der Waals surface area contributed by atoms with Gasteiger partial charge in [0.2, 0.25) is 0 Å². The number of thiophene rings is 1. The number of carbonyl (C=O) groups is 1. The highest BCUT2D eigenvalue weighted by atomic mass is 79.9. The van der Waals surface area contributed by atoms with Gasteiger partial charge in [-0.2, -0.15) is 0 Å². The smallest absolute Gasteiger partial charge is 0.257 e. The molecule has 0 unspecified atom stereocenters. The lowest BCUT2D eigenvalue weighted by molar-refractivity contribution is 0.0943. The molecule has 2 aromatic rings. The van der Waals surface area contributed by atoms with Crippen molar-refractivity contribution >= 4 is 49.1 Å². The van der Waals surface area contributed by atoms with E-state index in [9.17, 15) is 13.6 Å². The van der Waals surface area contributed by atoms with Crippen molar-refractivity contribution in [3.05, 3.63) is 54.6 Å². The highest BCUT2D eigenvalue weighted by molar-refractivity contribution is 9.11. The zero-order valence-corrected chi connectivity index (χ0v) is 13.3. The number of carbonyl (C=O) groups excluding carboxylic acids is 1. The third-order valence-corrected chi connectivity index (χ3v) is 4.37. The van der Waals surface area contributed by atoms with Crippen molar-refractivity contribution in [2.75, 3.05) is 0 Å². The van der Waals surface area contributed by atoms with Gasteiger partial charge in [-0.3, -0.25) is 4.79 Å². The predicted molar refractivity (Wildman–Crippen MR) is 77.2 cm³/mol. The molecule has 0 aliphatic rings. The average Bonchev–Trinajstić information content (AvgIpc) is 2.71. The van der Waals surface area contributed by atoms with Crippen molar-refractivity contribution in [2.45, 2.75) is 6.54 Å². The molecule has 0 saturated heterocycles. The van der Waals surface area contributed by atoms with Gasteiger partial charge in [0.1, 0.15) is 17.2 Å². The van der Waals surface area contributed by atoms with E-state index in [1.54, 1.807) is 0 Å². The van der Waals surface area contributed by atoms with Crippen molar-refractivity contribution in [1.29, 1.82) is 0 Å². The molecule has 0 saturated carbocycles. The summed E-state index contributed by atoms with van der Waals surface area (Å²) in [7, 11) is 0. The molecule has 100 valence electrons. The predicted octanol–water partition coefficient (Wildman–Crippen LogP) is 4.48. The molecule has 7 heteroatoms. The van der Waals surface area contributed by atoms with Crippen molar-refractivity contribution in [2.24, 2.45) is 0 Å². The standard InChI is InChI=1S/C12H7Br2F2NOS/c13-6-3-8(15)11(9(16)4-6)12(18)17-5-7-1-2-10(14)19-7/h1-4H,5H2,(H,17,18). The summed E-state index contributed by atoms with van der Waals surface area (Å²) in [6, 6.07) is 5.77. The minimum absolute atomic E-state index is 0.226. The van der Waals surface area contributed by atoms with Crippen LogP contribution in [0.4, 0.5) is 8.78 Å². The molecule has 0 radical (unpaired) electrons. The minimum atomic E-state index is -0.892. The van der Waals surface area contributed by atoms with Crippen molar-refractivity contribution in [3.8, 4) is 0 Å². The summed E-state index contributed by atoms with van der Waals surface area (Å²) in [4.78, 5) is 12.7. The summed E-state index contributed by atoms with van der Waals surface area (Å²) in [5, 5.41) is 2.49. The third kappa shape index (κ3) is 3.61. The first-order valence-electron chi connectivity index (χ1n) is 5.14. The molecule has 0 spiro atoms. The topological polar surface area (TPSA) is 29.1 Å². The van der Waals surface area contributed by atoms with Crippen molar-refractivity contribution in [1.82, 2.24) is 5.32 Å². The van der Waals surface area contributed by atoms with E-state index in [4.69, 9.17) is 0 Å². The Hall–Kier alpha value is -0.790. The van der Waals surface area contributed by atoms with E-state index in [2.05, 4.69) is 37.2 Å². The van der Waals surface area contributed by atoms with Crippen LogP contribution in [0.1, 0.15) is 15.2 Å². The monoisotopic (exact) mass is 409 g/mol. The van der Waals surface area contributed by atoms with Crippen molar-refractivity contribution < 1.29 is 13.6 Å². The van der Waals surface area contributed by atoms with Crippen LogP contribution in [0.3, 0.4) is 0 Å². The summed E-state index contributed by atoms with van der Waals surface area (Å²) in [6.45, 7) is 0.226. The minimum Gasteiger partial charge on any atom is -0.347 e. The van der Waals surface area contributed by atoms with E-state index in [0.29, 0.717) is 0 Å². The van der Waals surface area contributed by atoms with Crippen LogP contribution in [0, 0.1) is 11.6 Å². The maximum atomic E-state index is 13.6. The molecule has 1 aromatic heterocycles. The molecule has 0 aliphatic carbocycles. The van der Waals surface area contributed by atoms with Crippen LogP contribution in [-0.4, -0.2) is 5.91 Å². The Morgan fingerprint density at radius 3 is 2.37 bits per heavy atom. The zero-order valence-electron chi connectivity index (χ0n) is 9.34. The Morgan fingerprint density at radius 2 is 1.84 bits per heavy atom. The molecule has 2 nitrogen and oxygen atoms in total. The normalized spacial score (nSPS) is 10.5. The van der Waals surface area contributed by atoms with Crippen LogP contribution in [0.25, 0.3) is 0 Å². The fourth-order valence-corrected chi connectivity index (χ4v) is 3.29. The van der Waals surface area contributed by atoms with E-state index in [1.807, 2.05) is 12.1 Å². The Morgan fingerprint density at radius 1 is 1.21 bits per heavy atom. The van der Waals surface area contributed by atoms with Gasteiger partial charge in [-0.1, -0.05) is 15.9 Å². The number of amides is 1. The Balaban J connectivity index is 2.12. The lowest BCUT2D eigenvalue weighted by Crippen LogP contribution is -2.24. The molecule has 0 fully saturated rings. The van der Waals surface area contributed by atoms with E-state index in [0.717, 1.165) is 20.8 Å².